The second kappa shape index (κ2) is 8.96. The summed E-state index contributed by atoms with van der Waals surface area (Å²) in [6.45, 7) is 0.692. The van der Waals surface area contributed by atoms with E-state index in [4.69, 9.17) is 4.74 Å². The average Bonchev–Trinajstić information content (AvgIpc) is 3.60. The lowest BCUT2D eigenvalue weighted by molar-refractivity contribution is 0.102. The number of hydrogen-bond donors (Lipinski definition) is 2. The maximum Gasteiger partial charge on any atom is 0.261 e. The molecule has 4 rings (SSSR count). The Kier molecular flexibility index (Phi) is 6.09. The molecule has 0 spiro atoms. The van der Waals surface area contributed by atoms with Gasteiger partial charge >= 0.3 is 0 Å². The highest BCUT2D eigenvalue weighted by atomic mass is 32.2. The second-order valence-electron chi connectivity index (χ2n) is 7.49. The number of carbonyl (C=O) groups excluding carboxylic acids is 1. The molecule has 1 aliphatic carbocycles. The molecular formula is C23H20F2N2O4S. The molecule has 0 radical (unpaired) electrons. The predicted octanol–water partition coefficient (Wildman–Crippen LogP) is 4.81. The van der Waals surface area contributed by atoms with E-state index in [9.17, 15) is 22.0 Å². The van der Waals surface area contributed by atoms with E-state index in [1.807, 2.05) is 0 Å². The molecule has 1 amide bonds. The smallest absolute Gasteiger partial charge is 0.261 e. The number of amides is 1. The Morgan fingerprint density at radius 1 is 0.906 bits per heavy atom. The van der Waals surface area contributed by atoms with Crippen LogP contribution in [0, 0.1) is 17.6 Å². The molecule has 3 aromatic rings. The van der Waals surface area contributed by atoms with Gasteiger partial charge in [0.2, 0.25) is 0 Å². The van der Waals surface area contributed by atoms with Gasteiger partial charge in [-0.05, 0) is 85.5 Å². The minimum Gasteiger partial charge on any atom is -0.493 e. The Balaban J connectivity index is 1.36. The van der Waals surface area contributed by atoms with Gasteiger partial charge in [0, 0.05) is 16.9 Å². The van der Waals surface area contributed by atoms with Crippen LogP contribution in [0.2, 0.25) is 0 Å². The first-order chi connectivity index (χ1) is 15.3. The largest absolute Gasteiger partial charge is 0.493 e. The first-order valence-electron chi connectivity index (χ1n) is 9.92. The first kappa shape index (κ1) is 21.8. The summed E-state index contributed by atoms with van der Waals surface area (Å²) in [6, 6.07) is 15.1. The molecule has 0 bridgehead atoms. The van der Waals surface area contributed by atoms with Crippen molar-refractivity contribution in [2.45, 2.75) is 17.7 Å². The quantitative estimate of drug-likeness (QED) is 0.508. The van der Waals surface area contributed by atoms with Gasteiger partial charge in [0.05, 0.1) is 11.5 Å². The number of carbonyl (C=O) groups is 1. The molecule has 166 valence electrons. The van der Waals surface area contributed by atoms with Crippen molar-refractivity contribution >= 4 is 27.3 Å². The van der Waals surface area contributed by atoms with Crippen molar-refractivity contribution in [3.05, 3.63) is 83.9 Å². The molecule has 32 heavy (non-hydrogen) atoms. The van der Waals surface area contributed by atoms with Gasteiger partial charge in [-0.15, -0.1) is 0 Å². The van der Waals surface area contributed by atoms with Crippen molar-refractivity contribution in [3.63, 3.8) is 0 Å². The van der Waals surface area contributed by atoms with Crippen molar-refractivity contribution < 1.29 is 26.7 Å². The van der Waals surface area contributed by atoms with Crippen LogP contribution in [0.15, 0.2) is 71.6 Å². The summed E-state index contributed by atoms with van der Waals surface area (Å²) in [6.07, 6.45) is 2.40. The van der Waals surface area contributed by atoms with Gasteiger partial charge in [0.25, 0.3) is 15.9 Å². The van der Waals surface area contributed by atoms with E-state index in [0.717, 1.165) is 12.1 Å². The number of anilines is 2. The Hall–Kier alpha value is -3.46. The number of ether oxygens (including phenoxy) is 1. The number of hydrogen-bond acceptors (Lipinski definition) is 4. The Morgan fingerprint density at radius 3 is 2.19 bits per heavy atom. The summed E-state index contributed by atoms with van der Waals surface area (Å²) < 4.78 is 59.0. The first-order valence-corrected chi connectivity index (χ1v) is 11.4. The number of rotatable bonds is 8. The molecule has 0 aliphatic heterocycles. The Labute approximate surface area is 184 Å². The zero-order chi connectivity index (χ0) is 22.7. The fourth-order valence-electron chi connectivity index (χ4n) is 2.88. The fraction of sp³-hybridized carbons (Fsp3) is 0.174. The summed E-state index contributed by atoms with van der Waals surface area (Å²) in [5.74, 6) is -1.36. The van der Waals surface area contributed by atoms with E-state index in [2.05, 4.69) is 10.0 Å². The third-order valence-corrected chi connectivity index (χ3v) is 6.27. The van der Waals surface area contributed by atoms with Crippen LogP contribution < -0.4 is 14.8 Å². The summed E-state index contributed by atoms with van der Waals surface area (Å²) in [7, 11) is -4.10. The van der Waals surface area contributed by atoms with Crippen molar-refractivity contribution in [1.82, 2.24) is 0 Å². The molecule has 1 fully saturated rings. The average molecular weight is 458 g/mol. The zero-order valence-corrected chi connectivity index (χ0v) is 17.7. The van der Waals surface area contributed by atoms with E-state index < -0.39 is 26.6 Å². The minimum atomic E-state index is -4.10. The Bertz CT molecular complexity index is 1230. The van der Waals surface area contributed by atoms with E-state index in [-0.39, 0.29) is 11.6 Å². The van der Waals surface area contributed by atoms with Crippen LogP contribution in [0.1, 0.15) is 23.2 Å². The van der Waals surface area contributed by atoms with Crippen LogP contribution in [0.3, 0.4) is 0 Å². The molecule has 1 saturated carbocycles. The van der Waals surface area contributed by atoms with Crippen LogP contribution >= 0.6 is 0 Å². The number of benzene rings is 3. The van der Waals surface area contributed by atoms with Crippen molar-refractivity contribution in [2.24, 2.45) is 5.92 Å². The number of sulfonamides is 1. The number of nitrogens with one attached hydrogen (secondary N) is 2. The SMILES string of the molecule is O=C(Nc1ccc(NS(=O)(=O)c2ccc(F)c(F)c2)cc1)c1ccc(OCC2CC2)cc1. The van der Waals surface area contributed by atoms with Gasteiger partial charge in [-0.1, -0.05) is 0 Å². The lowest BCUT2D eigenvalue weighted by atomic mass is 10.2. The molecule has 0 saturated heterocycles. The number of halogens is 2. The van der Waals surface area contributed by atoms with Crippen molar-refractivity contribution in [3.8, 4) is 5.75 Å². The van der Waals surface area contributed by atoms with Crippen LogP contribution in [0.5, 0.6) is 5.75 Å². The maximum absolute atomic E-state index is 13.3. The second-order valence-corrected chi connectivity index (χ2v) is 9.17. The molecule has 0 aromatic heterocycles. The highest BCUT2D eigenvalue weighted by Gasteiger charge is 2.22. The zero-order valence-electron chi connectivity index (χ0n) is 16.8. The molecular weight excluding hydrogens is 438 g/mol. The van der Waals surface area contributed by atoms with E-state index in [0.29, 0.717) is 35.6 Å². The summed E-state index contributed by atoms with van der Waals surface area (Å²) in [4.78, 5) is 12.0. The van der Waals surface area contributed by atoms with E-state index in [1.54, 1.807) is 24.3 Å². The monoisotopic (exact) mass is 458 g/mol. The molecule has 0 atom stereocenters. The molecule has 0 heterocycles. The highest BCUT2D eigenvalue weighted by Crippen LogP contribution is 2.29. The van der Waals surface area contributed by atoms with Gasteiger partial charge in [0.1, 0.15) is 5.75 Å². The van der Waals surface area contributed by atoms with Crippen LogP contribution in [0.4, 0.5) is 20.2 Å². The third kappa shape index (κ3) is 5.42. The van der Waals surface area contributed by atoms with Crippen molar-refractivity contribution in [2.75, 3.05) is 16.6 Å². The standard InChI is InChI=1S/C23H20F2N2O4S/c24-21-12-11-20(13-22(21)25)32(29,30)27-18-7-5-17(6-8-18)26-23(28)16-3-9-19(10-4-16)31-14-15-1-2-15/h3-13,15,27H,1-2,14H2,(H,26,28). The molecule has 9 heteroatoms. The normalized spacial score (nSPS) is 13.4. The van der Waals surface area contributed by atoms with E-state index in [1.165, 1.54) is 37.1 Å². The fourth-order valence-corrected chi connectivity index (χ4v) is 3.95. The molecule has 1 aliphatic rings. The lowest BCUT2D eigenvalue weighted by Gasteiger charge is -2.10. The molecule has 0 unspecified atom stereocenters. The van der Waals surface area contributed by atoms with E-state index >= 15 is 0 Å². The van der Waals surface area contributed by atoms with Gasteiger partial charge in [-0.2, -0.15) is 0 Å². The highest BCUT2D eigenvalue weighted by molar-refractivity contribution is 7.92. The van der Waals surface area contributed by atoms with Gasteiger partial charge in [-0.25, -0.2) is 17.2 Å². The van der Waals surface area contributed by atoms with Crippen LogP contribution in [0.25, 0.3) is 0 Å². The van der Waals surface area contributed by atoms with Gasteiger partial charge < -0.3 is 10.1 Å². The van der Waals surface area contributed by atoms with Gasteiger partial charge in [-0.3, -0.25) is 9.52 Å². The summed E-state index contributed by atoms with van der Waals surface area (Å²) in [5.41, 5.74) is 1.11. The van der Waals surface area contributed by atoms with Crippen LogP contribution in [-0.2, 0) is 10.0 Å². The molecule has 2 N–H and O–H groups in total. The topological polar surface area (TPSA) is 84.5 Å². The van der Waals surface area contributed by atoms with Crippen LogP contribution in [-0.4, -0.2) is 20.9 Å². The lowest BCUT2D eigenvalue weighted by Crippen LogP contribution is -2.14. The van der Waals surface area contributed by atoms with Gasteiger partial charge in [0.15, 0.2) is 11.6 Å². The Morgan fingerprint density at radius 2 is 1.56 bits per heavy atom. The predicted molar refractivity (Wildman–Crippen MR) is 116 cm³/mol. The summed E-state index contributed by atoms with van der Waals surface area (Å²) >= 11 is 0. The third-order valence-electron chi connectivity index (χ3n) is 4.90. The molecule has 6 nitrogen and oxygen atoms in total. The molecule has 3 aromatic carbocycles. The van der Waals surface area contributed by atoms with Crippen molar-refractivity contribution in [1.29, 1.82) is 0 Å². The summed E-state index contributed by atoms with van der Waals surface area (Å²) in [5, 5.41) is 2.73. The minimum absolute atomic E-state index is 0.199. The maximum atomic E-state index is 13.3.